The third-order valence-electron chi connectivity index (χ3n) is 5.51. The van der Waals surface area contributed by atoms with E-state index in [9.17, 15) is 23.1 Å². The highest BCUT2D eigenvalue weighted by Crippen LogP contribution is 2.37. The second kappa shape index (κ2) is 8.11. The SMILES string of the molecule is O=c1[nH]c(-c2cc(N=Nc3cccc(C(F)(F)F)c3)ccc2O)nc2sc3c(c12)CCCC3. The molecule has 33 heavy (non-hydrogen) atoms. The average molecular weight is 470 g/mol. The predicted molar refractivity (Wildman–Crippen MR) is 120 cm³/mol. The molecule has 6 nitrogen and oxygen atoms in total. The van der Waals surface area contributed by atoms with Gasteiger partial charge < -0.3 is 10.1 Å². The van der Waals surface area contributed by atoms with Crippen LogP contribution in [-0.2, 0) is 19.0 Å². The van der Waals surface area contributed by atoms with Crippen LogP contribution in [0.5, 0.6) is 5.75 Å². The van der Waals surface area contributed by atoms with Gasteiger partial charge >= 0.3 is 6.18 Å². The molecule has 1 aliphatic carbocycles. The maximum Gasteiger partial charge on any atom is 0.416 e. The van der Waals surface area contributed by atoms with Crippen molar-refractivity contribution in [3.8, 4) is 17.1 Å². The molecule has 10 heteroatoms. The number of hydrogen-bond acceptors (Lipinski definition) is 6. The number of nitrogens with zero attached hydrogens (tertiary/aromatic N) is 3. The Balaban J connectivity index is 1.51. The van der Waals surface area contributed by atoms with Gasteiger partial charge in [-0.15, -0.1) is 11.3 Å². The minimum absolute atomic E-state index is 0.0385. The molecule has 0 spiro atoms. The molecule has 2 aromatic carbocycles. The fourth-order valence-electron chi connectivity index (χ4n) is 3.93. The van der Waals surface area contributed by atoms with Gasteiger partial charge in [0.2, 0.25) is 0 Å². The van der Waals surface area contributed by atoms with Crippen LogP contribution in [0, 0.1) is 0 Å². The van der Waals surface area contributed by atoms with Crippen LogP contribution in [-0.4, -0.2) is 15.1 Å². The first kappa shape index (κ1) is 21.3. The quantitative estimate of drug-likeness (QED) is 0.328. The second-order valence-corrected chi connectivity index (χ2v) is 8.84. The van der Waals surface area contributed by atoms with Gasteiger partial charge in [0.1, 0.15) is 16.4 Å². The van der Waals surface area contributed by atoms with E-state index in [-0.39, 0.29) is 34.1 Å². The lowest BCUT2D eigenvalue weighted by molar-refractivity contribution is -0.137. The van der Waals surface area contributed by atoms with Crippen LogP contribution < -0.4 is 5.56 Å². The lowest BCUT2D eigenvalue weighted by Crippen LogP contribution is -2.11. The van der Waals surface area contributed by atoms with Gasteiger partial charge in [0, 0.05) is 4.88 Å². The van der Waals surface area contributed by atoms with E-state index in [2.05, 4.69) is 20.2 Å². The molecule has 0 bridgehead atoms. The molecule has 0 aliphatic heterocycles. The van der Waals surface area contributed by atoms with E-state index in [0.717, 1.165) is 43.4 Å². The topological polar surface area (TPSA) is 90.7 Å². The van der Waals surface area contributed by atoms with Crippen LogP contribution in [0.2, 0.25) is 0 Å². The summed E-state index contributed by atoms with van der Waals surface area (Å²) in [6.45, 7) is 0. The van der Waals surface area contributed by atoms with Crippen LogP contribution in [0.4, 0.5) is 24.5 Å². The number of benzene rings is 2. The molecule has 0 radical (unpaired) electrons. The van der Waals surface area contributed by atoms with Crippen molar-refractivity contribution in [1.82, 2.24) is 9.97 Å². The number of fused-ring (bicyclic) bond motifs is 3. The summed E-state index contributed by atoms with van der Waals surface area (Å²) in [5.74, 6) is 0.0801. The normalized spacial score (nSPS) is 14.2. The van der Waals surface area contributed by atoms with Crippen molar-refractivity contribution in [3.63, 3.8) is 0 Å². The molecule has 0 saturated heterocycles. The monoisotopic (exact) mass is 470 g/mol. The molecule has 1 aliphatic rings. The first-order valence-electron chi connectivity index (χ1n) is 10.3. The predicted octanol–water partition coefficient (Wildman–Crippen LogP) is 6.67. The van der Waals surface area contributed by atoms with Gasteiger partial charge in [-0.1, -0.05) is 6.07 Å². The van der Waals surface area contributed by atoms with Crippen molar-refractivity contribution in [2.45, 2.75) is 31.9 Å². The van der Waals surface area contributed by atoms with E-state index in [1.165, 1.54) is 46.5 Å². The zero-order chi connectivity index (χ0) is 23.2. The molecule has 0 saturated carbocycles. The van der Waals surface area contributed by atoms with Gasteiger partial charge in [0.15, 0.2) is 0 Å². The minimum Gasteiger partial charge on any atom is -0.507 e. The first-order chi connectivity index (χ1) is 15.8. The van der Waals surface area contributed by atoms with E-state index < -0.39 is 11.7 Å². The number of alkyl halides is 3. The van der Waals surface area contributed by atoms with Gasteiger partial charge in [-0.05, 0) is 67.6 Å². The van der Waals surface area contributed by atoms with Gasteiger partial charge in [0.25, 0.3) is 5.56 Å². The summed E-state index contributed by atoms with van der Waals surface area (Å²) in [5.41, 5.74) is 0.559. The molecule has 2 N–H and O–H groups in total. The van der Waals surface area contributed by atoms with Crippen molar-refractivity contribution in [1.29, 1.82) is 0 Å². The van der Waals surface area contributed by atoms with Crippen LogP contribution in [0.25, 0.3) is 21.6 Å². The number of phenols is 1. The summed E-state index contributed by atoms with van der Waals surface area (Å²) in [5, 5.41) is 18.9. The third-order valence-corrected chi connectivity index (χ3v) is 6.70. The molecular formula is C23H17F3N4O2S. The number of aromatic nitrogens is 2. The largest absolute Gasteiger partial charge is 0.507 e. The number of thiophene rings is 1. The van der Waals surface area contributed by atoms with E-state index >= 15 is 0 Å². The Kier molecular flexibility index (Phi) is 5.24. The number of azo groups is 1. The highest BCUT2D eigenvalue weighted by molar-refractivity contribution is 7.18. The molecular weight excluding hydrogens is 453 g/mol. The fourth-order valence-corrected chi connectivity index (χ4v) is 5.19. The Morgan fingerprint density at radius 1 is 1.03 bits per heavy atom. The molecule has 5 rings (SSSR count). The van der Waals surface area contributed by atoms with Gasteiger partial charge in [-0.2, -0.15) is 23.4 Å². The van der Waals surface area contributed by atoms with Crippen molar-refractivity contribution in [3.05, 3.63) is 68.8 Å². The van der Waals surface area contributed by atoms with Crippen LogP contribution in [0.15, 0.2) is 57.5 Å². The fraction of sp³-hybridized carbons (Fsp3) is 0.217. The first-order valence-corrected chi connectivity index (χ1v) is 11.1. The molecule has 0 atom stereocenters. The Hall–Kier alpha value is -3.53. The van der Waals surface area contributed by atoms with E-state index in [0.29, 0.717) is 10.2 Å². The van der Waals surface area contributed by atoms with Crippen LogP contribution in [0.3, 0.4) is 0 Å². The van der Waals surface area contributed by atoms with Crippen LogP contribution in [0.1, 0.15) is 28.8 Å². The molecule has 168 valence electrons. The highest BCUT2D eigenvalue weighted by Gasteiger charge is 2.30. The number of H-pyrrole nitrogens is 1. The number of rotatable bonds is 3. The Morgan fingerprint density at radius 2 is 1.79 bits per heavy atom. The molecule has 4 aromatic rings. The van der Waals surface area contributed by atoms with Crippen molar-refractivity contribution >= 4 is 32.9 Å². The number of hydrogen-bond donors (Lipinski definition) is 2. The zero-order valence-corrected chi connectivity index (χ0v) is 17.9. The minimum atomic E-state index is -4.48. The summed E-state index contributed by atoms with van der Waals surface area (Å²) in [6, 6.07) is 8.84. The number of nitrogens with one attached hydrogen (secondary N) is 1. The van der Waals surface area contributed by atoms with E-state index in [4.69, 9.17) is 0 Å². The summed E-state index contributed by atoms with van der Waals surface area (Å²) in [6.07, 6.45) is -0.559. The van der Waals surface area contributed by atoms with E-state index in [1.807, 2.05) is 0 Å². The lowest BCUT2D eigenvalue weighted by Gasteiger charge is -2.09. The number of aryl methyl sites for hydroxylation is 2. The van der Waals surface area contributed by atoms with Gasteiger partial charge in [-0.3, -0.25) is 4.79 Å². The summed E-state index contributed by atoms with van der Waals surface area (Å²) in [4.78, 5) is 21.9. The third kappa shape index (κ3) is 4.13. The summed E-state index contributed by atoms with van der Waals surface area (Å²) >= 11 is 1.50. The van der Waals surface area contributed by atoms with E-state index in [1.54, 1.807) is 0 Å². The number of aromatic hydroxyl groups is 1. The standard InChI is InChI=1S/C23H17F3N4O2S/c24-23(25,26)12-4-3-5-13(10-12)29-30-14-8-9-17(31)16(11-14)20-27-21(32)19-15-6-1-2-7-18(15)33-22(19)28-20/h3-5,8-11,31H,1-2,6-7H2,(H,27,28,32). The lowest BCUT2D eigenvalue weighted by atomic mass is 9.97. The molecule has 2 aromatic heterocycles. The molecule has 0 fully saturated rings. The molecule has 0 amide bonds. The number of aromatic amines is 1. The molecule has 0 unspecified atom stereocenters. The Labute approximate surface area is 189 Å². The second-order valence-electron chi connectivity index (χ2n) is 7.76. The highest BCUT2D eigenvalue weighted by atomic mass is 32.1. The molecule has 2 heterocycles. The maximum atomic E-state index is 12.9. The smallest absolute Gasteiger partial charge is 0.416 e. The Bertz CT molecular complexity index is 1460. The van der Waals surface area contributed by atoms with Crippen LogP contribution >= 0.6 is 11.3 Å². The zero-order valence-electron chi connectivity index (χ0n) is 17.1. The summed E-state index contributed by atoms with van der Waals surface area (Å²) in [7, 11) is 0. The van der Waals surface area contributed by atoms with Gasteiger partial charge in [0.05, 0.1) is 27.9 Å². The Morgan fingerprint density at radius 3 is 2.58 bits per heavy atom. The average Bonchev–Trinajstić information content (AvgIpc) is 3.17. The van der Waals surface area contributed by atoms with Crippen molar-refractivity contribution in [2.75, 3.05) is 0 Å². The maximum absolute atomic E-state index is 12.9. The van der Waals surface area contributed by atoms with Crippen molar-refractivity contribution < 1.29 is 18.3 Å². The number of halogens is 3. The number of phenolic OH excluding ortho intramolecular Hbond substituents is 1. The van der Waals surface area contributed by atoms with Crippen molar-refractivity contribution in [2.24, 2.45) is 10.2 Å². The van der Waals surface area contributed by atoms with Gasteiger partial charge in [-0.25, -0.2) is 4.98 Å². The summed E-state index contributed by atoms with van der Waals surface area (Å²) < 4.78 is 38.7.